The number of hydrogen-bond acceptors (Lipinski definition) is 2. The van der Waals surface area contributed by atoms with Crippen molar-refractivity contribution in [2.45, 2.75) is 32.0 Å². The van der Waals surface area contributed by atoms with Gasteiger partial charge in [-0.05, 0) is 13.3 Å². The lowest BCUT2D eigenvalue weighted by molar-refractivity contribution is -0.138. The van der Waals surface area contributed by atoms with Crippen LogP contribution in [-0.2, 0) is 4.79 Å². The largest absolute Gasteiger partial charge is 0.480 e. The second-order valence-corrected chi connectivity index (χ2v) is 3.18. The van der Waals surface area contributed by atoms with Crippen LogP contribution in [0.15, 0.2) is 0 Å². The van der Waals surface area contributed by atoms with E-state index >= 15 is 0 Å². The molecule has 0 aliphatic heterocycles. The quantitative estimate of drug-likeness (QED) is 0.632. The average Bonchev–Trinajstić information content (AvgIpc) is 2.10. The summed E-state index contributed by atoms with van der Waals surface area (Å²) in [5.41, 5.74) is 0. The topological polar surface area (TPSA) is 78.4 Å². The minimum Gasteiger partial charge on any atom is -0.480 e. The van der Waals surface area contributed by atoms with E-state index in [1.54, 1.807) is 0 Å². The molecule has 8 heteroatoms. The fourth-order valence-corrected chi connectivity index (χ4v) is 0.800. The summed E-state index contributed by atoms with van der Waals surface area (Å²) in [6, 6.07) is -1.88. The lowest BCUT2D eigenvalue weighted by Crippen LogP contribution is -2.44. The Labute approximate surface area is 90.0 Å². The Kier molecular flexibility index (Phi) is 5.62. The summed E-state index contributed by atoms with van der Waals surface area (Å²) < 4.78 is 35.1. The lowest BCUT2D eigenvalue weighted by atomic mass is 10.3. The van der Waals surface area contributed by atoms with Gasteiger partial charge in [0.25, 0.3) is 0 Å². The number of carboxylic acids is 1. The fourth-order valence-electron chi connectivity index (χ4n) is 0.800. The van der Waals surface area contributed by atoms with Crippen LogP contribution in [0.1, 0.15) is 19.8 Å². The maximum atomic E-state index is 11.7. The molecule has 0 aromatic carbocycles. The van der Waals surface area contributed by atoms with Gasteiger partial charge in [-0.25, -0.2) is 4.79 Å². The highest BCUT2D eigenvalue weighted by Gasteiger charge is 2.26. The van der Waals surface area contributed by atoms with Crippen LogP contribution >= 0.6 is 0 Å². The van der Waals surface area contributed by atoms with Crippen molar-refractivity contribution in [1.29, 1.82) is 0 Å². The zero-order valence-corrected chi connectivity index (χ0v) is 8.60. The molecule has 0 unspecified atom stereocenters. The highest BCUT2D eigenvalue weighted by molar-refractivity contribution is 5.82. The van der Waals surface area contributed by atoms with Crippen molar-refractivity contribution in [3.63, 3.8) is 0 Å². The molecule has 0 aliphatic carbocycles. The van der Waals surface area contributed by atoms with Gasteiger partial charge in [0, 0.05) is 13.0 Å². The first-order valence-corrected chi connectivity index (χ1v) is 4.56. The Balaban J connectivity index is 3.63. The first-order valence-electron chi connectivity index (χ1n) is 4.56. The van der Waals surface area contributed by atoms with Gasteiger partial charge in [0.15, 0.2) is 0 Å². The van der Waals surface area contributed by atoms with Gasteiger partial charge in [-0.15, -0.1) is 0 Å². The van der Waals surface area contributed by atoms with Crippen LogP contribution in [-0.4, -0.2) is 35.9 Å². The van der Waals surface area contributed by atoms with E-state index in [2.05, 4.69) is 5.32 Å². The highest BCUT2D eigenvalue weighted by atomic mass is 19.4. The van der Waals surface area contributed by atoms with E-state index in [1.165, 1.54) is 6.92 Å². The van der Waals surface area contributed by atoms with Gasteiger partial charge in [-0.3, -0.25) is 4.79 Å². The third kappa shape index (κ3) is 7.89. The molecule has 0 spiro atoms. The van der Waals surface area contributed by atoms with Crippen LogP contribution in [0.4, 0.5) is 18.0 Å². The second kappa shape index (κ2) is 6.19. The minimum atomic E-state index is -4.24. The van der Waals surface area contributed by atoms with Crippen molar-refractivity contribution in [2.24, 2.45) is 0 Å². The van der Waals surface area contributed by atoms with Gasteiger partial charge in [0.05, 0.1) is 0 Å². The molecule has 0 aliphatic rings. The molecule has 0 aromatic rings. The molecule has 0 rings (SSSR count). The number of alkyl halides is 3. The molecule has 0 radical (unpaired) electrons. The summed E-state index contributed by atoms with van der Waals surface area (Å²) >= 11 is 0. The Bertz CT molecular complexity index is 255. The molecule has 0 aromatic heterocycles. The van der Waals surface area contributed by atoms with Crippen LogP contribution < -0.4 is 10.6 Å². The Hall–Kier alpha value is -1.47. The number of hydrogen-bond donors (Lipinski definition) is 3. The molecule has 5 nitrogen and oxygen atoms in total. The number of carbonyl (C=O) groups is 2. The van der Waals surface area contributed by atoms with E-state index in [0.717, 1.165) is 0 Å². The number of urea groups is 1. The Morgan fingerprint density at radius 3 is 2.38 bits per heavy atom. The standard InChI is InChI=1S/C8H13F3N2O3/c1-5(6(14)15)13-7(16)12-4-2-3-8(9,10)11/h5H,2-4H2,1H3,(H,14,15)(H2,12,13,16)/t5-/m0/s1. The van der Waals surface area contributed by atoms with E-state index in [-0.39, 0.29) is 13.0 Å². The summed E-state index contributed by atoms with van der Waals surface area (Å²) in [6.07, 6.45) is -5.47. The number of nitrogens with one attached hydrogen (secondary N) is 2. The third-order valence-corrected chi connectivity index (χ3v) is 1.64. The molecule has 0 bridgehead atoms. The van der Waals surface area contributed by atoms with Crippen molar-refractivity contribution in [1.82, 2.24) is 10.6 Å². The number of carboxylic acid groups (broad SMARTS) is 1. The van der Waals surface area contributed by atoms with Crippen molar-refractivity contribution in [3.8, 4) is 0 Å². The molecule has 0 saturated carbocycles. The first kappa shape index (κ1) is 14.5. The third-order valence-electron chi connectivity index (χ3n) is 1.64. The van der Waals surface area contributed by atoms with Gasteiger partial charge in [-0.2, -0.15) is 13.2 Å². The lowest BCUT2D eigenvalue weighted by Gasteiger charge is -2.11. The molecule has 0 saturated heterocycles. The number of halogens is 3. The number of amides is 2. The van der Waals surface area contributed by atoms with Crippen LogP contribution in [0.2, 0.25) is 0 Å². The first-order chi connectivity index (χ1) is 7.22. The SMILES string of the molecule is C[C@H](NC(=O)NCCCC(F)(F)F)C(=O)O. The minimum absolute atomic E-state index is 0.155. The average molecular weight is 242 g/mol. The molecule has 94 valence electrons. The molecule has 1 atom stereocenters. The fraction of sp³-hybridized carbons (Fsp3) is 0.750. The predicted molar refractivity (Wildman–Crippen MR) is 48.9 cm³/mol. The van der Waals surface area contributed by atoms with Gasteiger partial charge >= 0.3 is 18.2 Å². The molecule has 0 fully saturated rings. The van der Waals surface area contributed by atoms with E-state index in [0.29, 0.717) is 0 Å². The van der Waals surface area contributed by atoms with Crippen LogP contribution in [0.3, 0.4) is 0 Å². The van der Waals surface area contributed by atoms with Crippen LogP contribution in [0.5, 0.6) is 0 Å². The zero-order valence-electron chi connectivity index (χ0n) is 8.60. The Morgan fingerprint density at radius 1 is 1.38 bits per heavy atom. The van der Waals surface area contributed by atoms with Crippen molar-refractivity contribution in [3.05, 3.63) is 0 Å². The smallest absolute Gasteiger partial charge is 0.389 e. The van der Waals surface area contributed by atoms with E-state index < -0.39 is 30.6 Å². The van der Waals surface area contributed by atoms with Gasteiger partial charge in [0.2, 0.25) is 0 Å². The van der Waals surface area contributed by atoms with E-state index in [1.807, 2.05) is 5.32 Å². The Morgan fingerprint density at radius 2 is 1.94 bits per heavy atom. The highest BCUT2D eigenvalue weighted by Crippen LogP contribution is 2.20. The van der Waals surface area contributed by atoms with Gasteiger partial charge in [-0.1, -0.05) is 0 Å². The van der Waals surface area contributed by atoms with Crippen molar-refractivity contribution >= 4 is 12.0 Å². The number of carbonyl (C=O) groups excluding carboxylic acids is 1. The van der Waals surface area contributed by atoms with E-state index in [4.69, 9.17) is 5.11 Å². The number of rotatable bonds is 5. The van der Waals surface area contributed by atoms with Gasteiger partial charge < -0.3 is 15.7 Å². The molecule has 3 N–H and O–H groups in total. The monoisotopic (exact) mass is 242 g/mol. The maximum absolute atomic E-state index is 11.7. The molecule has 16 heavy (non-hydrogen) atoms. The predicted octanol–water partition coefficient (Wildman–Crippen LogP) is 1.10. The summed E-state index contributed by atoms with van der Waals surface area (Å²) in [7, 11) is 0. The summed E-state index contributed by atoms with van der Waals surface area (Å²) in [4.78, 5) is 21.2. The van der Waals surface area contributed by atoms with Crippen LogP contribution in [0.25, 0.3) is 0 Å². The molecular formula is C8H13F3N2O3. The normalized spacial score (nSPS) is 13.0. The summed E-state index contributed by atoms with van der Waals surface area (Å²) in [5.74, 6) is -1.22. The number of aliphatic carboxylic acids is 1. The molecule has 2 amide bonds. The van der Waals surface area contributed by atoms with Crippen molar-refractivity contribution < 1.29 is 27.9 Å². The molecule has 0 heterocycles. The molecular weight excluding hydrogens is 229 g/mol. The second-order valence-electron chi connectivity index (χ2n) is 3.18. The van der Waals surface area contributed by atoms with Crippen molar-refractivity contribution in [2.75, 3.05) is 6.54 Å². The zero-order chi connectivity index (χ0) is 12.8. The maximum Gasteiger partial charge on any atom is 0.389 e. The summed E-state index contributed by atoms with van der Waals surface area (Å²) in [5, 5.41) is 12.6. The van der Waals surface area contributed by atoms with Gasteiger partial charge in [0.1, 0.15) is 6.04 Å². The summed E-state index contributed by atoms with van der Waals surface area (Å²) in [6.45, 7) is 1.09. The van der Waals surface area contributed by atoms with E-state index in [9.17, 15) is 22.8 Å². The van der Waals surface area contributed by atoms with Crippen LogP contribution in [0, 0.1) is 0 Å².